The second kappa shape index (κ2) is 5.47. The Balaban J connectivity index is 2.09. The van der Waals surface area contributed by atoms with Crippen molar-refractivity contribution < 1.29 is 9.59 Å². The fourth-order valence-electron chi connectivity index (χ4n) is 2.86. The van der Waals surface area contributed by atoms with Crippen LogP contribution < -0.4 is 0 Å². The van der Waals surface area contributed by atoms with E-state index in [1.165, 1.54) is 5.56 Å². The van der Waals surface area contributed by atoms with Crippen molar-refractivity contribution in [3.8, 4) is 0 Å². The van der Waals surface area contributed by atoms with E-state index in [9.17, 15) is 9.59 Å². The Bertz CT molecular complexity index is 420. The SMILES string of the molecule is CC(c1ccccc1)C(C)C1CC(=O)CC(=O)C1. The Kier molecular flexibility index (Phi) is 3.95. The van der Waals surface area contributed by atoms with Gasteiger partial charge in [0, 0.05) is 12.8 Å². The summed E-state index contributed by atoms with van der Waals surface area (Å²) in [5.41, 5.74) is 1.29. The summed E-state index contributed by atoms with van der Waals surface area (Å²) >= 11 is 0. The summed E-state index contributed by atoms with van der Waals surface area (Å²) in [6.07, 6.45) is 1.30. The third-order valence-corrected chi connectivity index (χ3v) is 4.23. The van der Waals surface area contributed by atoms with Crippen LogP contribution in [-0.4, -0.2) is 11.6 Å². The van der Waals surface area contributed by atoms with E-state index in [1.54, 1.807) is 0 Å². The lowest BCUT2D eigenvalue weighted by atomic mass is 9.73. The molecule has 2 nitrogen and oxygen atoms in total. The molecule has 0 spiro atoms. The quantitative estimate of drug-likeness (QED) is 0.764. The summed E-state index contributed by atoms with van der Waals surface area (Å²) in [4.78, 5) is 23.1. The van der Waals surface area contributed by atoms with Gasteiger partial charge in [0.05, 0.1) is 6.42 Å². The molecule has 2 heteroatoms. The highest BCUT2D eigenvalue weighted by Crippen LogP contribution is 2.35. The Labute approximate surface area is 108 Å². The first kappa shape index (κ1) is 13.0. The van der Waals surface area contributed by atoms with E-state index in [0.29, 0.717) is 24.7 Å². The van der Waals surface area contributed by atoms with E-state index in [2.05, 4.69) is 26.0 Å². The fourth-order valence-corrected chi connectivity index (χ4v) is 2.86. The molecule has 1 aromatic carbocycles. The molecule has 2 rings (SSSR count). The monoisotopic (exact) mass is 244 g/mol. The van der Waals surface area contributed by atoms with Crippen molar-refractivity contribution in [3.05, 3.63) is 35.9 Å². The molecule has 0 amide bonds. The molecule has 0 aliphatic heterocycles. The average molecular weight is 244 g/mol. The van der Waals surface area contributed by atoms with E-state index < -0.39 is 0 Å². The molecule has 0 N–H and O–H groups in total. The Morgan fingerprint density at radius 1 is 1.00 bits per heavy atom. The van der Waals surface area contributed by atoms with E-state index in [1.807, 2.05) is 18.2 Å². The van der Waals surface area contributed by atoms with Crippen molar-refractivity contribution >= 4 is 11.6 Å². The summed E-state index contributed by atoms with van der Waals surface area (Å²) in [5.74, 6) is 1.19. The van der Waals surface area contributed by atoms with Gasteiger partial charge in [-0.3, -0.25) is 9.59 Å². The van der Waals surface area contributed by atoms with Crippen molar-refractivity contribution in [1.82, 2.24) is 0 Å². The number of benzene rings is 1. The van der Waals surface area contributed by atoms with Crippen LogP contribution in [0.2, 0.25) is 0 Å². The lowest BCUT2D eigenvalue weighted by molar-refractivity contribution is -0.132. The smallest absolute Gasteiger partial charge is 0.140 e. The molecule has 18 heavy (non-hydrogen) atoms. The van der Waals surface area contributed by atoms with E-state index in [-0.39, 0.29) is 23.9 Å². The summed E-state index contributed by atoms with van der Waals surface area (Å²) in [6, 6.07) is 10.3. The Hall–Kier alpha value is -1.44. The van der Waals surface area contributed by atoms with Crippen LogP contribution in [0.15, 0.2) is 30.3 Å². The van der Waals surface area contributed by atoms with Crippen LogP contribution in [-0.2, 0) is 9.59 Å². The minimum atomic E-state index is 0.114. The van der Waals surface area contributed by atoms with Gasteiger partial charge in [-0.2, -0.15) is 0 Å². The molecular weight excluding hydrogens is 224 g/mol. The first-order valence-corrected chi connectivity index (χ1v) is 6.66. The number of hydrogen-bond donors (Lipinski definition) is 0. The molecule has 1 aliphatic rings. The minimum absolute atomic E-state index is 0.114. The minimum Gasteiger partial charge on any atom is -0.299 e. The van der Waals surface area contributed by atoms with Gasteiger partial charge in [0.25, 0.3) is 0 Å². The summed E-state index contributed by atoms with van der Waals surface area (Å²) in [7, 11) is 0. The van der Waals surface area contributed by atoms with Crippen LogP contribution in [0.25, 0.3) is 0 Å². The fraction of sp³-hybridized carbons (Fsp3) is 0.500. The Morgan fingerprint density at radius 3 is 2.11 bits per heavy atom. The largest absolute Gasteiger partial charge is 0.299 e. The third kappa shape index (κ3) is 2.87. The number of carbonyl (C=O) groups excluding carboxylic acids is 2. The van der Waals surface area contributed by atoms with Crippen LogP contribution in [0.1, 0.15) is 44.6 Å². The molecule has 0 heterocycles. The zero-order valence-electron chi connectivity index (χ0n) is 11.1. The average Bonchev–Trinajstić information content (AvgIpc) is 2.37. The molecular formula is C16H20O2. The zero-order chi connectivity index (χ0) is 13.1. The van der Waals surface area contributed by atoms with Gasteiger partial charge < -0.3 is 0 Å². The lowest BCUT2D eigenvalue weighted by Gasteiger charge is -2.30. The number of ketones is 2. The molecule has 96 valence electrons. The first-order chi connectivity index (χ1) is 8.58. The van der Waals surface area contributed by atoms with Gasteiger partial charge in [0.2, 0.25) is 0 Å². The highest BCUT2D eigenvalue weighted by Gasteiger charge is 2.31. The standard InChI is InChI=1S/C16H20O2/c1-11(13-6-4-3-5-7-13)12(2)14-8-15(17)10-16(18)9-14/h3-7,11-12,14H,8-10H2,1-2H3. The van der Waals surface area contributed by atoms with Gasteiger partial charge in [-0.1, -0.05) is 44.2 Å². The van der Waals surface area contributed by atoms with Crippen molar-refractivity contribution in [1.29, 1.82) is 0 Å². The number of hydrogen-bond acceptors (Lipinski definition) is 2. The predicted molar refractivity (Wildman–Crippen MR) is 71.4 cm³/mol. The van der Waals surface area contributed by atoms with Crippen molar-refractivity contribution in [2.24, 2.45) is 11.8 Å². The molecule has 0 saturated heterocycles. The van der Waals surface area contributed by atoms with Crippen LogP contribution in [0.4, 0.5) is 0 Å². The molecule has 1 fully saturated rings. The molecule has 2 unspecified atom stereocenters. The molecule has 0 aromatic heterocycles. The second-order valence-electron chi connectivity index (χ2n) is 5.48. The predicted octanol–water partition coefficient (Wildman–Crippen LogP) is 3.36. The topological polar surface area (TPSA) is 34.1 Å². The summed E-state index contributed by atoms with van der Waals surface area (Å²) in [5, 5.41) is 0. The molecule has 1 aromatic rings. The van der Waals surface area contributed by atoms with Crippen molar-refractivity contribution in [2.75, 3.05) is 0 Å². The summed E-state index contributed by atoms with van der Waals surface area (Å²) < 4.78 is 0. The van der Waals surface area contributed by atoms with E-state index in [4.69, 9.17) is 0 Å². The van der Waals surface area contributed by atoms with Gasteiger partial charge in [-0.15, -0.1) is 0 Å². The van der Waals surface area contributed by atoms with Crippen LogP contribution in [0, 0.1) is 11.8 Å². The zero-order valence-corrected chi connectivity index (χ0v) is 11.1. The molecule has 0 radical (unpaired) electrons. The maximum Gasteiger partial charge on any atom is 0.140 e. The van der Waals surface area contributed by atoms with Crippen LogP contribution in [0.5, 0.6) is 0 Å². The first-order valence-electron chi connectivity index (χ1n) is 6.66. The van der Waals surface area contributed by atoms with Crippen molar-refractivity contribution in [3.63, 3.8) is 0 Å². The maximum absolute atomic E-state index is 11.5. The number of carbonyl (C=O) groups is 2. The van der Waals surface area contributed by atoms with Gasteiger partial charge in [-0.05, 0) is 23.3 Å². The normalized spacial score (nSPS) is 20.8. The highest BCUT2D eigenvalue weighted by molar-refractivity contribution is 6.01. The second-order valence-corrected chi connectivity index (χ2v) is 5.48. The highest BCUT2D eigenvalue weighted by atomic mass is 16.1. The Morgan fingerprint density at radius 2 is 1.56 bits per heavy atom. The molecule has 1 aliphatic carbocycles. The molecule has 1 saturated carbocycles. The third-order valence-electron chi connectivity index (χ3n) is 4.23. The van der Waals surface area contributed by atoms with Crippen LogP contribution >= 0.6 is 0 Å². The number of Topliss-reactive ketones (excluding diaryl/α,β-unsaturated/α-hetero) is 2. The van der Waals surface area contributed by atoms with Gasteiger partial charge >= 0.3 is 0 Å². The van der Waals surface area contributed by atoms with Gasteiger partial charge in [-0.25, -0.2) is 0 Å². The summed E-state index contributed by atoms with van der Waals surface area (Å²) in [6.45, 7) is 4.35. The lowest BCUT2D eigenvalue weighted by Crippen LogP contribution is -2.29. The molecule has 0 bridgehead atoms. The number of rotatable bonds is 3. The van der Waals surface area contributed by atoms with Crippen molar-refractivity contribution in [2.45, 2.75) is 39.0 Å². The van der Waals surface area contributed by atoms with Gasteiger partial charge in [0.1, 0.15) is 11.6 Å². The van der Waals surface area contributed by atoms with E-state index >= 15 is 0 Å². The van der Waals surface area contributed by atoms with Gasteiger partial charge in [0.15, 0.2) is 0 Å². The van der Waals surface area contributed by atoms with E-state index in [0.717, 1.165) is 0 Å². The molecule has 2 atom stereocenters. The maximum atomic E-state index is 11.5. The van der Waals surface area contributed by atoms with Crippen LogP contribution in [0.3, 0.4) is 0 Å².